The summed E-state index contributed by atoms with van der Waals surface area (Å²) in [6, 6.07) is 0. The van der Waals surface area contributed by atoms with E-state index in [1.807, 2.05) is 0 Å². The third-order valence-corrected chi connectivity index (χ3v) is 3.92. The van der Waals surface area contributed by atoms with Crippen LogP contribution in [0.3, 0.4) is 0 Å². The fraction of sp³-hybridized carbons (Fsp3) is 0.615. The quantitative estimate of drug-likeness (QED) is 0.671. The van der Waals surface area contributed by atoms with Gasteiger partial charge in [0.15, 0.2) is 0 Å². The van der Waals surface area contributed by atoms with Crippen LogP contribution in [0.25, 0.3) is 0 Å². The molecule has 1 aromatic heterocycles. The van der Waals surface area contributed by atoms with E-state index < -0.39 is 11.9 Å². The van der Waals surface area contributed by atoms with E-state index in [9.17, 15) is 13.6 Å². The van der Waals surface area contributed by atoms with Gasteiger partial charge in [-0.05, 0) is 19.8 Å². The average molecular weight is 302 g/mol. The number of nitrogens with one attached hydrogen (secondary N) is 1. The second-order valence-corrected chi connectivity index (χ2v) is 5.44. The van der Waals surface area contributed by atoms with Gasteiger partial charge in [-0.25, -0.2) is 18.6 Å². The minimum absolute atomic E-state index is 0.0679. The van der Waals surface area contributed by atoms with Crippen LogP contribution in [0.4, 0.5) is 8.78 Å². The number of carbonyl (C=O) groups excluding carboxylic acids is 1. The first-order chi connectivity index (χ1) is 9.34. The van der Waals surface area contributed by atoms with E-state index in [1.54, 1.807) is 6.92 Å². The van der Waals surface area contributed by atoms with Crippen LogP contribution in [0.1, 0.15) is 53.5 Å². The number of halogens is 2. The number of hydrogen-bond acceptors (Lipinski definition) is 4. The van der Waals surface area contributed by atoms with Crippen molar-refractivity contribution in [2.24, 2.45) is 0 Å². The van der Waals surface area contributed by atoms with E-state index in [2.05, 4.69) is 14.7 Å². The monoisotopic (exact) mass is 302 g/mol. The van der Waals surface area contributed by atoms with Crippen molar-refractivity contribution in [3.8, 4) is 0 Å². The number of hydrogen-bond donors (Lipinski definition) is 1. The van der Waals surface area contributed by atoms with E-state index >= 15 is 0 Å². The molecule has 110 valence electrons. The number of alkyl halides is 2. The van der Waals surface area contributed by atoms with E-state index in [1.165, 1.54) is 7.11 Å². The first-order valence-electron chi connectivity index (χ1n) is 6.41. The van der Waals surface area contributed by atoms with Crippen LogP contribution < -0.4 is 0 Å². The molecule has 1 aliphatic rings. The molecular formula is C13H16F2N2O2S. The van der Waals surface area contributed by atoms with E-state index in [-0.39, 0.29) is 29.0 Å². The molecule has 0 bridgehead atoms. The molecular weight excluding hydrogens is 286 g/mol. The molecule has 1 N–H and O–H groups in total. The Labute approximate surface area is 120 Å². The topological polar surface area (TPSA) is 55.0 Å². The summed E-state index contributed by atoms with van der Waals surface area (Å²) < 4.78 is 31.1. The van der Waals surface area contributed by atoms with Crippen molar-refractivity contribution in [2.45, 2.75) is 44.4 Å². The number of rotatable bonds is 2. The highest BCUT2D eigenvalue weighted by atomic mass is 32.1. The van der Waals surface area contributed by atoms with Gasteiger partial charge in [0.25, 0.3) is 0 Å². The Morgan fingerprint density at radius 2 is 2.05 bits per heavy atom. The molecule has 0 unspecified atom stereocenters. The minimum Gasteiger partial charge on any atom is -0.465 e. The van der Waals surface area contributed by atoms with E-state index in [0.717, 1.165) is 0 Å². The Bertz CT molecular complexity index is 576. The molecule has 1 saturated carbocycles. The summed E-state index contributed by atoms with van der Waals surface area (Å²) in [5, 5.41) is 0. The molecule has 0 aliphatic heterocycles. The summed E-state index contributed by atoms with van der Waals surface area (Å²) in [5.41, 5.74) is 0.788. The van der Waals surface area contributed by atoms with Crippen molar-refractivity contribution in [1.82, 2.24) is 9.97 Å². The SMILES string of the molecule is COC(=O)c1c(C)[nH]c(C2CCC(F)(F)CC2)nc1=S. The van der Waals surface area contributed by atoms with Crippen LogP contribution in [-0.4, -0.2) is 29.0 Å². The number of aryl methyl sites for hydroxylation is 1. The average Bonchev–Trinajstić information content (AvgIpc) is 2.37. The molecule has 0 amide bonds. The lowest BCUT2D eigenvalue weighted by molar-refractivity contribution is -0.0387. The van der Waals surface area contributed by atoms with Gasteiger partial charge in [-0.2, -0.15) is 0 Å². The van der Waals surface area contributed by atoms with Crippen LogP contribution in [-0.2, 0) is 4.74 Å². The van der Waals surface area contributed by atoms with Crippen LogP contribution in [0.5, 0.6) is 0 Å². The lowest BCUT2D eigenvalue weighted by Gasteiger charge is -2.27. The van der Waals surface area contributed by atoms with Gasteiger partial charge in [-0.1, -0.05) is 12.2 Å². The Hall–Kier alpha value is -1.37. The van der Waals surface area contributed by atoms with Crippen LogP contribution in [0.2, 0.25) is 0 Å². The fourth-order valence-corrected chi connectivity index (χ4v) is 2.79. The summed E-state index contributed by atoms with van der Waals surface area (Å²) in [5.74, 6) is -2.61. The third-order valence-electron chi connectivity index (χ3n) is 3.62. The number of ether oxygens (including phenoxy) is 1. The second kappa shape index (κ2) is 5.55. The number of aromatic amines is 1. The van der Waals surface area contributed by atoms with Gasteiger partial charge in [0.05, 0.1) is 7.11 Å². The second-order valence-electron chi connectivity index (χ2n) is 5.05. The lowest BCUT2D eigenvalue weighted by Crippen LogP contribution is -2.25. The Kier molecular flexibility index (Phi) is 4.17. The van der Waals surface area contributed by atoms with Crippen molar-refractivity contribution in [1.29, 1.82) is 0 Å². The van der Waals surface area contributed by atoms with Crippen LogP contribution in [0.15, 0.2) is 0 Å². The highest BCUT2D eigenvalue weighted by Crippen LogP contribution is 2.39. The maximum atomic E-state index is 13.2. The molecule has 20 heavy (non-hydrogen) atoms. The van der Waals surface area contributed by atoms with Gasteiger partial charge >= 0.3 is 5.97 Å². The number of aromatic nitrogens is 2. The summed E-state index contributed by atoms with van der Waals surface area (Å²) in [7, 11) is 1.27. The van der Waals surface area contributed by atoms with Crippen molar-refractivity contribution < 1.29 is 18.3 Å². The fourth-order valence-electron chi connectivity index (χ4n) is 2.46. The summed E-state index contributed by atoms with van der Waals surface area (Å²) in [6.07, 6.45) is 0.445. The minimum atomic E-state index is -2.58. The Balaban J connectivity index is 2.28. The molecule has 1 heterocycles. The van der Waals surface area contributed by atoms with Crippen molar-refractivity contribution in [3.05, 3.63) is 21.7 Å². The first kappa shape index (κ1) is 15.0. The van der Waals surface area contributed by atoms with E-state index in [0.29, 0.717) is 24.4 Å². The number of carbonyl (C=O) groups is 1. The number of nitrogens with zero attached hydrogens (tertiary/aromatic N) is 1. The van der Waals surface area contributed by atoms with Gasteiger partial charge in [-0.15, -0.1) is 0 Å². The van der Waals surface area contributed by atoms with Gasteiger partial charge in [0.1, 0.15) is 16.0 Å². The molecule has 1 aromatic rings. The standard InChI is InChI=1S/C13H16F2N2O2S/c1-7-9(12(18)19-2)11(20)17-10(16-7)8-3-5-13(14,15)6-4-8/h8H,3-6H2,1-2H3,(H,16,17,20). The van der Waals surface area contributed by atoms with Crippen molar-refractivity contribution >= 4 is 18.2 Å². The number of methoxy groups -OCH3 is 1. The van der Waals surface area contributed by atoms with Gasteiger partial charge in [0.2, 0.25) is 5.92 Å². The Morgan fingerprint density at radius 3 is 2.55 bits per heavy atom. The predicted molar refractivity (Wildman–Crippen MR) is 71.7 cm³/mol. The molecule has 4 nitrogen and oxygen atoms in total. The normalized spacial score (nSPS) is 18.8. The summed E-state index contributed by atoms with van der Waals surface area (Å²) in [6.45, 7) is 1.70. The third kappa shape index (κ3) is 3.03. The lowest BCUT2D eigenvalue weighted by atomic mass is 9.86. The van der Waals surface area contributed by atoms with Gasteiger partial charge in [0, 0.05) is 24.5 Å². The molecule has 1 aliphatic carbocycles. The smallest absolute Gasteiger partial charge is 0.342 e. The molecule has 0 saturated heterocycles. The molecule has 0 aromatic carbocycles. The van der Waals surface area contributed by atoms with Crippen molar-refractivity contribution in [2.75, 3.05) is 7.11 Å². The molecule has 0 spiro atoms. The number of H-pyrrole nitrogens is 1. The zero-order valence-electron chi connectivity index (χ0n) is 11.3. The maximum absolute atomic E-state index is 13.2. The summed E-state index contributed by atoms with van der Waals surface area (Å²) in [4.78, 5) is 18.8. The van der Waals surface area contributed by atoms with Crippen LogP contribution in [0, 0.1) is 11.6 Å². The zero-order valence-corrected chi connectivity index (χ0v) is 12.2. The number of esters is 1. The molecule has 7 heteroatoms. The molecule has 0 radical (unpaired) electrons. The molecule has 0 atom stereocenters. The Morgan fingerprint density at radius 1 is 1.45 bits per heavy atom. The van der Waals surface area contributed by atoms with Crippen LogP contribution >= 0.6 is 12.2 Å². The maximum Gasteiger partial charge on any atom is 0.342 e. The molecule has 2 rings (SSSR count). The van der Waals surface area contributed by atoms with E-state index in [4.69, 9.17) is 12.2 Å². The highest BCUT2D eigenvalue weighted by Gasteiger charge is 2.36. The largest absolute Gasteiger partial charge is 0.465 e. The van der Waals surface area contributed by atoms with Gasteiger partial charge < -0.3 is 9.72 Å². The predicted octanol–water partition coefficient (Wildman–Crippen LogP) is 3.53. The first-order valence-corrected chi connectivity index (χ1v) is 6.82. The van der Waals surface area contributed by atoms with Crippen molar-refractivity contribution in [3.63, 3.8) is 0 Å². The molecule has 1 fully saturated rings. The highest BCUT2D eigenvalue weighted by molar-refractivity contribution is 7.71. The zero-order chi connectivity index (χ0) is 14.9. The summed E-state index contributed by atoms with van der Waals surface area (Å²) >= 11 is 5.10. The van der Waals surface area contributed by atoms with Gasteiger partial charge in [-0.3, -0.25) is 0 Å².